The number of amides is 1. The predicted molar refractivity (Wildman–Crippen MR) is 54.0 cm³/mol. The van der Waals surface area contributed by atoms with Crippen LogP contribution in [0.15, 0.2) is 11.8 Å². The lowest BCUT2D eigenvalue weighted by molar-refractivity contribution is -0.140. The Kier molecular flexibility index (Phi) is 6.31. The smallest absolute Gasteiger partial charge is 0.325 e. The minimum absolute atomic E-state index is 0.137. The number of carboxylic acid groups (broad SMARTS) is 1. The van der Waals surface area contributed by atoms with Crippen molar-refractivity contribution in [2.75, 3.05) is 13.2 Å². The lowest BCUT2D eigenvalue weighted by atomic mass is 10.2. The summed E-state index contributed by atoms with van der Waals surface area (Å²) in [5.74, 6) is -1.96. The van der Waals surface area contributed by atoms with Crippen molar-refractivity contribution < 1.29 is 19.8 Å². The molecule has 1 unspecified atom stereocenters. The summed E-state index contributed by atoms with van der Waals surface area (Å²) in [5, 5.41) is 30.3. The fourth-order valence-electron chi connectivity index (χ4n) is 0.724. The van der Waals surface area contributed by atoms with Crippen LogP contribution in [0.4, 0.5) is 0 Å². The van der Waals surface area contributed by atoms with E-state index in [-0.39, 0.29) is 18.7 Å². The average molecular weight is 227 g/mol. The highest BCUT2D eigenvalue weighted by Gasteiger charge is 2.16. The van der Waals surface area contributed by atoms with Crippen LogP contribution in [0.5, 0.6) is 0 Å². The summed E-state index contributed by atoms with van der Waals surface area (Å²) in [6.45, 7) is 1.35. The fraction of sp³-hybridized carbons (Fsp3) is 0.444. The maximum Gasteiger partial charge on any atom is 0.325 e. The van der Waals surface area contributed by atoms with Gasteiger partial charge in [0.25, 0.3) is 5.91 Å². The van der Waals surface area contributed by atoms with E-state index in [4.69, 9.17) is 15.5 Å². The highest BCUT2D eigenvalue weighted by atomic mass is 16.4. The molecule has 16 heavy (non-hydrogen) atoms. The Morgan fingerprint density at radius 1 is 1.56 bits per heavy atom. The number of carboxylic acids is 1. The Bertz CT molecular complexity index is 332. The van der Waals surface area contributed by atoms with Crippen LogP contribution in [0, 0.1) is 11.3 Å². The van der Waals surface area contributed by atoms with Crippen molar-refractivity contribution in [3.05, 3.63) is 11.8 Å². The number of aliphatic hydroxyl groups is 1. The molecule has 0 aromatic carbocycles. The van der Waals surface area contributed by atoms with Gasteiger partial charge in [-0.15, -0.1) is 0 Å². The maximum absolute atomic E-state index is 11.3. The molecule has 0 spiro atoms. The molecule has 0 aliphatic rings. The molecule has 7 nitrogen and oxygen atoms in total. The van der Waals surface area contributed by atoms with E-state index in [0.717, 1.165) is 6.20 Å². The van der Waals surface area contributed by atoms with Crippen molar-refractivity contribution >= 4 is 11.9 Å². The Labute approximate surface area is 92.4 Å². The summed E-state index contributed by atoms with van der Waals surface area (Å²) in [6, 6.07) is 0.550. The number of rotatable bonds is 6. The molecular formula is C9H13N3O4. The van der Waals surface area contributed by atoms with Crippen LogP contribution >= 0.6 is 0 Å². The zero-order valence-corrected chi connectivity index (χ0v) is 8.73. The molecule has 88 valence electrons. The van der Waals surface area contributed by atoms with Crippen molar-refractivity contribution in [3.63, 3.8) is 0 Å². The van der Waals surface area contributed by atoms with Crippen LogP contribution in [0.2, 0.25) is 0 Å². The van der Waals surface area contributed by atoms with E-state index in [9.17, 15) is 9.59 Å². The van der Waals surface area contributed by atoms with E-state index in [1.807, 2.05) is 0 Å². The Morgan fingerprint density at radius 3 is 2.62 bits per heavy atom. The molecule has 0 saturated carbocycles. The first kappa shape index (κ1) is 13.9. The summed E-state index contributed by atoms with van der Waals surface area (Å²) >= 11 is 0. The molecule has 1 amide bonds. The summed E-state index contributed by atoms with van der Waals surface area (Å²) in [6.07, 6.45) is 1.13. The van der Waals surface area contributed by atoms with E-state index in [2.05, 4.69) is 10.6 Å². The zero-order valence-electron chi connectivity index (χ0n) is 8.73. The quantitative estimate of drug-likeness (QED) is 0.250. The van der Waals surface area contributed by atoms with Gasteiger partial charge < -0.3 is 20.8 Å². The summed E-state index contributed by atoms with van der Waals surface area (Å²) < 4.78 is 0. The Morgan fingerprint density at radius 2 is 2.19 bits per heavy atom. The molecule has 1 atom stereocenters. The van der Waals surface area contributed by atoms with Crippen molar-refractivity contribution in [3.8, 4) is 6.07 Å². The second-order valence-electron chi connectivity index (χ2n) is 2.88. The van der Waals surface area contributed by atoms with E-state index in [1.165, 1.54) is 6.92 Å². The van der Waals surface area contributed by atoms with Crippen molar-refractivity contribution in [1.29, 1.82) is 5.26 Å². The van der Waals surface area contributed by atoms with Gasteiger partial charge in [-0.25, -0.2) is 0 Å². The van der Waals surface area contributed by atoms with Crippen LogP contribution in [0.3, 0.4) is 0 Å². The molecule has 0 radical (unpaired) electrons. The second kappa shape index (κ2) is 7.25. The van der Waals surface area contributed by atoms with Gasteiger partial charge in [-0.2, -0.15) is 5.26 Å². The first-order chi connectivity index (χ1) is 7.52. The van der Waals surface area contributed by atoms with Crippen molar-refractivity contribution in [2.45, 2.75) is 13.0 Å². The van der Waals surface area contributed by atoms with Crippen LogP contribution in [-0.4, -0.2) is 41.3 Å². The summed E-state index contributed by atoms with van der Waals surface area (Å²) in [4.78, 5) is 21.8. The van der Waals surface area contributed by atoms with Gasteiger partial charge in [-0.1, -0.05) is 0 Å². The van der Waals surface area contributed by atoms with E-state index in [0.29, 0.717) is 0 Å². The van der Waals surface area contributed by atoms with Crippen molar-refractivity contribution in [2.24, 2.45) is 0 Å². The molecule has 0 aromatic rings. The van der Waals surface area contributed by atoms with Gasteiger partial charge in [0.1, 0.15) is 17.7 Å². The van der Waals surface area contributed by atoms with E-state index < -0.39 is 17.9 Å². The SMILES string of the molecule is CC(NC(=O)/C(C#N)=C\NCCO)C(=O)O. The van der Waals surface area contributed by atoms with Crippen LogP contribution in [-0.2, 0) is 9.59 Å². The summed E-state index contributed by atoms with van der Waals surface area (Å²) in [5.41, 5.74) is -0.249. The molecule has 0 fully saturated rings. The minimum atomic E-state index is -1.19. The van der Waals surface area contributed by atoms with E-state index >= 15 is 0 Å². The highest BCUT2D eigenvalue weighted by molar-refractivity contribution is 5.98. The Balaban J connectivity index is 4.38. The Hall–Kier alpha value is -2.07. The molecule has 0 aliphatic carbocycles. The third kappa shape index (κ3) is 4.97. The van der Waals surface area contributed by atoms with Gasteiger partial charge >= 0.3 is 5.97 Å². The number of nitrogens with one attached hydrogen (secondary N) is 2. The number of hydrogen-bond donors (Lipinski definition) is 4. The first-order valence-corrected chi connectivity index (χ1v) is 4.51. The third-order valence-electron chi connectivity index (χ3n) is 1.59. The fourth-order valence-corrected chi connectivity index (χ4v) is 0.724. The van der Waals surface area contributed by atoms with Crippen LogP contribution in [0.1, 0.15) is 6.92 Å². The van der Waals surface area contributed by atoms with Gasteiger partial charge in [0.05, 0.1) is 6.61 Å². The topological polar surface area (TPSA) is 122 Å². The number of carbonyl (C=O) groups is 2. The second-order valence-corrected chi connectivity index (χ2v) is 2.88. The normalized spacial score (nSPS) is 12.4. The molecule has 0 rings (SSSR count). The standard InChI is InChI=1S/C9H13N3O4/c1-6(9(15)16)12-8(14)7(4-10)5-11-2-3-13/h5-6,11,13H,2-3H2,1H3,(H,12,14)(H,15,16)/b7-5-. The maximum atomic E-state index is 11.3. The number of nitrogens with zero attached hydrogens (tertiary/aromatic N) is 1. The lowest BCUT2D eigenvalue weighted by Crippen LogP contribution is -2.39. The number of aliphatic hydroxyl groups excluding tert-OH is 1. The third-order valence-corrected chi connectivity index (χ3v) is 1.59. The van der Waals surface area contributed by atoms with Crippen LogP contribution < -0.4 is 10.6 Å². The number of carbonyl (C=O) groups excluding carboxylic acids is 1. The van der Waals surface area contributed by atoms with Gasteiger partial charge in [-0.05, 0) is 6.92 Å². The molecule has 7 heteroatoms. The van der Waals surface area contributed by atoms with Gasteiger partial charge in [0.15, 0.2) is 0 Å². The predicted octanol–water partition coefficient (Wildman–Crippen LogP) is -1.43. The number of aliphatic carboxylic acids is 1. The monoisotopic (exact) mass is 227 g/mol. The van der Waals surface area contributed by atoms with Gasteiger partial charge in [0.2, 0.25) is 0 Å². The molecule has 0 bridgehead atoms. The average Bonchev–Trinajstić information content (AvgIpc) is 2.24. The molecule has 0 heterocycles. The van der Waals surface area contributed by atoms with Crippen LogP contribution in [0.25, 0.3) is 0 Å². The molecule has 0 aliphatic heterocycles. The number of hydrogen-bond acceptors (Lipinski definition) is 5. The van der Waals surface area contributed by atoms with Gasteiger partial charge in [-0.3, -0.25) is 9.59 Å². The molecular weight excluding hydrogens is 214 g/mol. The van der Waals surface area contributed by atoms with Gasteiger partial charge in [0, 0.05) is 12.7 Å². The minimum Gasteiger partial charge on any atom is -0.480 e. The highest BCUT2D eigenvalue weighted by Crippen LogP contribution is 1.92. The molecule has 0 aromatic heterocycles. The molecule has 0 saturated heterocycles. The van der Waals surface area contributed by atoms with Crippen molar-refractivity contribution in [1.82, 2.24) is 10.6 Å². The first-order valence-electron chi connectivity index (χ1n) is 4.51. The molecule has 4 N–H and O–H groups in total. The largest absolute Gasteiger partial charge is 0.480 e. The van der Waals surface area contributed by atoms with E-state index in [1.54, 1.807) is 6.07 Å². The lowest BCUT2D eigenvalue weighted by Gasteiger charge is -2.08. The summed E-state index contributed by atoms with van der Waals surface area (Å²) in [7, 11) is 0. The number of nitriles is 1. The zero-order chi connectivity index (χ0) is 12.6.